The monoisotopic (exact) mass is 257 g/mol. The second-order valence-electron chi connectivity index (χ2n) is 4.85. The zero-order valence-electron chi connectivity index (χ0n) is 11.6. The maximum absolute atomic E-state index is 11.5. The molecule has 0 aliphatic heterocycles. The van der Waals surface area contributed by atoms with E-state index in [4.69, 9.17) is 4.74 Å². The van der Waals surface area contributed by atoms with Gasteiger partial charge in [-0.3, -0.25) is 4.79 Å². The molecule has 0 aliphatic carbocycles. The smallest absolute Gasteiger partial charge is 0.310 e. The number of carbonyl (C=O) groups excluding carboxylic acids is 1. The zero-order valence-corrected chi connectivity index (χ0v) is 11.6. The van der Waals surface area contributed by atoms with Crippen molar-refractivity contribution in [2.75, 3.05) is 0 Å². The van der Waals surface area contributed by atoms with E-state index in [0.29, 0.717) is 12.2 Å². The number of hydrogen-bond donors (Lipinski definition) is 1. The first-order valence-electron chi connectivity index (χ1n) is 6.54. The van der Waals surface area contributed by atoms with Crippen LogP contribution in [0.1, 0.15) is 32.8 Å². The van der Waals surface area contributed by atoms with Crippen LogP contribution in [0.4, 0.5) is 0 Å². The van der Waals surface area contributed by atoms with E-state index in [2.05, 4.69) is 31.0 Å². The van der Waals surface area contributed by atoms with Crippen LogP contribution in [-0.2, 0) is 11.2 Å². The first-order chi connectivity index (χ1) is 9.10. The summed E-state index contributed by atoms with van der Waals surface area (Å²) in [6, 6.07) is 5.97. The van der Waals surface area contributed by atoms with Crippen molar-refractivity contribution >= 4 is 16.9 Å². The van der Waals surface area contributed by atoms with Crippen LogP contribution in [0.5, 0.6) is 5.75 Å². The van der Waals surface area contributed by atoms with Crippen molar-refractivity contribution in [3.05, 3.63) is 41.6 Å². The Balaban J connectivity index is 2.39. The lowest BCUT2D eigenvalue weighted by molar-refractivity contribution is -0.133. The molecule has 1 aromatic carbocycles. The van der Waals surface area contributed by atoms with Crippen molar-refractivity contribution in [1.29, 1.82) is 0 Å². The number of aromatic amines is 1. The molecule has 2 rings (SSSR count). The first-order valence-corrected chi connectivity index (χ1v) is 6.54. The van der Waals surface area contributed by atoms with Gasteiger partial charge in [-0.05, 0) is 44.0 Å². The van der Waals surface area contributed by atoms with E-state index in [-0.39, 0.29) is 5.97 Å². The van der Waals surface area contributed by atoms with E-state index in [1.54, 1.807) is 6.92 Å². The molecule has 1 N–H and O–H groups in total. The SMILES string of the molecule is CCC(=O)Oc1cc(CC=C(C)C)cc2[nH]ccc12. The standard InChI is InChI=1S/C16H19NO2/c1-4-16(18)19-15-10-12(6-5-11(2)3)9-14-13(15)7-8-17-14/h5,7-10,17H,4,6H2,1-3H3. The molecule has 0 bridgehead atoms. The van der Waals surface area contributed by atoms with Crippen molar-refractivity contribution in [2.45, 2.75) is 33.6 Å². The molecular weight excluding hydrogens is 238 g/mol. The van der Waals surface area contributed by atoms with Crippen LogP contribution in [0.2, 0.25) is 0 Å². The van der Waals surface area contributed by atoms with E-state index in [9.17, 15) is 4.79 Å². The van der Waals surface area contributed by atoms with Crippen LogP contribution in [0, 0.1) is 0 Å². The molecule has 0 unspecified atom stereocenters. The van der Waals surface area contributed by atoms with Crippen LogP contribution in [0.25, 0.3) is 10.9 Å². The summed E-state index contributed by atoms with van der Waals surface area (Å²) in [5.74, 6) is 0.435. The van der Waals surface area contributed by atoms with E-state index in [1.807, 2.05) is 18.3 Å². The number of carbonyl (C=O) groups is 1. The average Bonchev–Trinajstić information content (AvgIpc) is 2.84. The number of allylic oxidation sites excluding steroid dienone is 2. The van der Waals surface area contributed by atoms with Gasteiger partial charge in [-0.1, -0.05) is 18.6 Å². The highest BCUT2D eigenvalue weighted by Gasteiger charge is 2.09. The fourth-order valence-corrected chi connectivity index (χ4v) is 1.91. The Bertz CT molecular complexity index is 619. The molecule has 0 radical (unpaired) electrons. The molecule has 0 saturated carbocycles. The van der Waals surface area contributed by atoms with Gasteiger partial charge in [0.15, 0.2) is 0 Å². The van der Waals surface area contributed by atoms with Gasteiger partial charge >= 0.3 is 5.97 Å². The molecule has 2 aromatic rings. The minimum absolute atomic E-state index is 0.207. The predicted molar refractivity (Wildman–Crippen MR) is 77.4 cm³/mol. The second kappa shape index (κ2) is 5.74. The van der Waals surface area contributed by atoms with E-state index >= 15 is 0 Å². The Hall–Kier alpha value is -2.03. The van der Waals surface area contributed by atoms with Crippen LogP contribution >= 0.6 is 0 Å². The summed E-state index contributed by atoms with van der Waals surface area (Å²) in [4.78, 5) is 14.6. The quantitative estimate of drug-likeness (QED) is 0.511. The Morgan fingerprint density at radius 3 is 2.84 bits per heavy atom. The largest absolute Gasteiger partial charge is 0.426 e. The van der Waals surface area contributed by atoms with Crippen molar-refractivity contribution in [2.24, 2.45) is 0 Å². The van der Waals surface area contributed by atoms with E-state index < -0.39 is 0 Å². The Labute approximate surface area is 113 Å². The summed E-state index contributed by atoms with van der Waals surface area (Å²) < 4.78 is 5.40. The highest BCUT2D eigenvalue weighted by molar-refractivity contribution is 5.89. The molecule has 100 valence electrons. The Morgan fingerprint density at radius 2 is 2.16 bits per heavy atom. The number of H-pyrrole nitrogens is 1. The zero-order chi connectivity index (χ0) is 13.8. The lowest BCUT2D eigenvalue weighted by Gasteiger charge is -2.07. The summed E-state index contributed by atoms with van der Waals surface area (Å²) in [5, 5.41) is 0.947. The van der Waals surface area contributed by atoms with E-state index in [1.165, 1.54) is 5.57 Å². The molecule has 0 amide bonds. The number of nitrogens with one attached hydrogen (secondary N) is 1. The minimum Gasteiger partial charge on any atom is -0.426 e. The third kappa shape index (κ3) is 3.25. The molecular formula is C16H19NO2. The number of rotatable bonds is 4. The molecule has 0 aliphatic rings. The lowest BCUT2D eigenvalue weighted by atomic mass is 10.1. The number of aromatic nitrogens is 1. The summed E-state index contributed by atoms with van der Waals surface area (Å²) in [5.41, 5.74) is 3.41. The second-order valence-corrected chi connectivity index (χ2v) is 4.85. The van der Waals surface area contributed by atoms with Crippen LogP contribution < -0.4 is 4.74 Å². The van der Waals surface area contributed by atoms with Crippen LogP contribution in [-0.4, -0.2) is 11.0 Å². The van der Waals surface area contributed by atoms with Gasteiger partial charge in [0, 0.05) is 23.5 Å². The molecule has 3 heteroatoms. The van der Waals surface area contributed by atoms with Gasteiger partial charge in [0.1, 0.15) is 5.75 Å². The molecule has 1 heterocycles. The highest BCUT2D eigenvalue weighted by atomic mass is 16.5. The summed E-state index contributed by atoms with van der Waals surface area (Å²) in [6.07, 6.45) is 5.24. The van der Waals surface area contributed by atoms with Gasteiger partial charge in [0.25, 0.3) is 0 Å². The first kappa shape index (κ1) is 13.4. The number of esters is 1. The fourth-order valence-electron chi connectivity index (χ4n) is 1.91. The summed E-state index contributed by atoms with van der Waals surface area (Å²) in [7, 11) is 0. The third-order valence-electron chi connectivity index (χ3n) is 2.95. The number of benzene rings is 1. The maximum atomic E-state index is 11.5. The number of fused-ring (bicyclic) bond motifs is 1. The van der Waals surface area contributed by atoms with Crippen LogP contribution in [0.15, 0.2) is 36.0 Å². The lowest BCUT2D eigenvalue weighted by Crippen LogP contribution is -2.06. The Kier molecular flexibility index (Phi) is 4.05. The van der Waals surface area contributed by atoms with E-state index in [0.717, 1.165) is 22.9 Å². The normalized spacial score (nSPS) is 10.5. The van der Waals surface area contributed by atoms with Crippen LogP contribution in [0.3, 0.4) is 0 Å². The molecule has 0 fully saturated rings. The van der Waals surface area contributed by atoms with Crippen molar-refractivity contribution in [1.82, 2.24) is 4.98 Å². The average molecular weight is 257 g/mol. The Morgan fingerprint density at radius 1 is 1.37 bits per heavy atom. The van der Waals surface area contributed by atoms with Gasteiger partial charge in [0.2, 0.25) is 0 Å². The van der Waals surface area contributed by atoms with Gasteiger partial charge in [-0.2, -0.15) is 0 Å². The molecule has 0 spiro atoms. The van der Waals surface area contributed by atoms with Gasteiger partial charge < -0.3 is 9.72 Å². The van der Waals surface area contributed by atoms with Crippen molar-refractivity contribution in [3.8, 4) is 5.75 Å². The summed E-state index contributed by atoms with van der Waals surface area (Å²) in [6.45, 7) is 5.94. The highest BCUT2D eigenvalue weighted by Crippen LogP contribution is 2.27. The predicted octanol–water partition coefficient (Wildman–Crippen LogP) is 3.99. The molecule has 19 heavy (non-hydrogen) atoms. The molecule has 3 nitrogen and oxygen atoms in total. The molecule has 1 aromatic heterocycles. The van der Waals surface area contributed by atoms with Gasteiger partial charge in [0.05, 0.1) is 0 Å². The van der Waals surface area contributed by atoms with Crippen molar-refractivity contribution in [3.63, 3.8) is 0 Å². The van der Waals surface area contributed by atoms with Crippen molar-refractivity contribution < 1.29 is 9.53 Å². The molecule has 0 atom stereocenters. The number of hydrogen-bond acceptors (Lipinski definition) is 2. The maximum Gasteiger partial charge on any atom is 0.310 e. The number of ether oxygens (including phenoxy) is 1. The van der Waals surface area contributed by atoms with Gasteiger partial charge in [-0.15, -0.1) is 0 Å². The topological polar surface area (TPSA) is 42.1 Å². The fraction of sp³-hybridized carbons (Fsp3) is 0.312. The minimum atomic E-state index is -0.207. The summed E-state index contributed by atoms with van der Waals surface area (Å²) >= 11 is 0. The van der Waals surface area contributed by atoms with Gasteiger partial charge in [-0.25, -0.2) is 0 Å². The third-order valence-corrected chi connectivity index (χ3v) is 2.95. The molecule has 0 saturated heterocycles.